The molecule has 0 radical (unpaired) electrons. The highest BCUT2D eigenvalue weighted by atomic mass is 19.1. The molecule has 6 nitrogen and oxygen atoms in total. The molecule has 0 spiro atoms. The second-order valence-electron chi connectivity index (χ2n) is 6.76. The highest BCUT2D eigenvalue weighted by Crippen LogP contribution is 2.31. The van der Waals surface area contributed by atoms with Gasteiger partial charge < -0.3 is 14.7 Å². The van der Waals surface area contributed by atoms with Gasteiger partial charge in [-0.1, -0.05) is 12.1 Å². The Balaban J connectivity index is 1.54. The molecule has 2 heterocycles. The third-order valence-corrected chi connectivity index (χ3v) is 4.86. The van der Waals surface area contributed by atoms with Crippen molar-refractivity contribution in [3.8, 4) is 0 Å². The van der Waals surface area contributed by atoms with Crippen LogP contribution in [0.15, 0.2) is 57.9 Å². The number of Topliss-reactive ketones (excluding diaryl/α,β-unsaturated/α-hetero) is 1. The van der Waals surface area contributed by atoms with E-state index in [1.54, 1.807) is 30.5 Å². The number of amides is 1. The van der Waals surface area contributed by atoms with E-state index in [1.807, 2.05) is 0 Å². The summed E-state index contributed by atoms with van der Waals surface area (Å²) in [4.78, 5) is 40.0. The number of hydrogen-bond acceptors (Lipinski definition) is 4. The highest BCUT2D eigenvalue weighted by molar-refractivity contribution is 6.02. The summed E-state index contributed by atoms with van der Waals surface area (Å²) in [5.41, 5.74) is 0.891. The zero-order valence-corrected chi connectivity index (χ0v) is 14.8. The Morgan fingerprint density at radius 2 is 1.96 bits per heavy atom. The summed E-state index contributed by atoms with van der Waals surface area (Å²) in [6.45, 7) is 0.143. The van der Waals surface area contributed by atoms with E-state index in [0.717, 1.165) is 0 Å². The first kappa shape index (κ1) is 17.9. The normalized spacial score (nSPS) is 15.9. The zero-order chi connectivity index (χ0) is 19.7. The predicted octanol–water partition coefficient (Wildman–Crippen LogP) is 2.95. The number of nitrogens with one attached hydrogen (secondary N) is 2. The van der Waals surface area contributed by atoms with Crippen molar-refractivity contribution < 1.29 is 18.4 Å². The lowest BCUT2D eigenvalue weighted by Gasteiger charge is -2.22. The molecule has 0 fully saturated rings. The number of ketones is 1. The molecule has 2 aromatic heterocycles. The molecular formula is C21H17FN2O4. The van der Waals surface area contributed by atoms with Gasteiger partial charge in [-0.2, -0.15) is 0 Å². The summed E-state index contributed by atoms with van der Waals surface area (Å²) < 4.78 is 18.3. The molecule has 1 amide bonds. The van der Waals surface area contributed by atoms with E-state index in [4.69, 9.17) is 4.42 Å². The fraction of sp³-hybridized carbons (Fsp3) is 0.190. The Morgan fingerprint density at radius 1 is 1.18 bits per heavy atom. The first-order chi connectivity index (χ1) is 13.5. The summed E-state index contributed by atoms with van der Waals surface area (Å²) in [7, 11) is 0. The molecule has 28 heavy (non-hydrogen) atoms. The molecule has 0 unspecified atom stereocenters. The molecule has 0 bridgehead atoms. The minimum atomic E-state index is -0.589. The fourth-order valence-corrected chi connectivity index (χ4v) is 3.40. The number of aromatic amines is 1. The van der Waals surface area contributed by atoms with Gasteiger partial charge in [0.05, 0.1) is 6.26 Å². The average molecular weight is 380 g/mol. The number of aromatic nitrogens is 1. The van der Waals surface area contributed by atoms with Crippen molar-refractivity contribution in [2.24, 2.45) is 0 Å². The third kappa shape index (κ3) is 3.51. The summed E-state index contributed by atoms with van der Waals surface area (Å²) in [5.74, 6) is -0.543. The van der Waals surface area contributed by atoms with E-state index in [0.29, 0.717) is 29.0 Å². The second kappa shape index (κ2) is 7.26. The smallest absolute Gasteiger partial charge is 0.261 e. The minimum Gasteiger partial charge on any atom is -0.469 e. The maximum atomic E-state index is 12.9. The van der Waals surface area contributed by atoms with Gasteiger partial charge in [-0.25, -0.2) is 4.39 Å². The molecule has 1 aliphatic carbocycles. The van der Waals surface area contributed by atoms with Crippen LogP contribution in [0.4, 0.5) is 4.39 Å². The maximum absolute atomic E-state index is 12.9. The number of fused-ring (bicyclic) bond motifs is 1. The van der Waals surface area contributed by atoms with Crippen molar-refractivity contribution in [2.45, 2.75) is 25.3 Å². The van der Waals surface area contributed by atoms with Crippen molar-refractivity contribution in [2.75, 3.05) is 0 Å². The van der Waals surface area contributed by atoms with E-state index < -0.39 is 11.5 Å². The lowest BCUT2D eigenvalue weighted by molar-refractivity contribution is 0.0949. The molecule has 2 N–H and O–H groups in total. The fourth-order valence-electron chi connectivity index (χ4n) is 3.40. The molecule has 4 rings (SSSR count). The lowest BCUT2D eigenvalue weighted by Crippen LogP contribution is -2.32. The molecule has 7 heteroatoms. The van der Waals surface area contributed by atoms with Gasteiger partial charge in [0.25, 0.3) is 11.5 Å². The number of pyridine rings is 1. The van der Waals surface area contributed by atoms with Crippen LogP contribution in [0.1, 0.15) is 50.1 Å². The number of H-pyrrole nitrogens is 1. The monoisotopic (exact) mass is 380 g/mol. The van der Waals surface area contributed by atoms with Crippen molar-refractivity contribution in [3.63, 3.8) is 0 Å². The van der Waals surface area contributed by atoms with Crippen molar-refractivity contribution in [1.29, 1.82) is 0 Å². The predicted molar refractivity (Wildman–Crippen MR) is 98.7 cm³/mol. The third-order valence-electron chi connectivity index (χ3n) is 4.86. The molecule has 0 saturated carbocycles. The SMILES string of the molecule is O=C1C[C@H](c2ccco2)Cc2[nH]c(=O)c(C(=O)NCc3ccc(F)cc3)cc21. The Hall–Kier alpha value is -3.48. The lowest BCUT2D eigenvalue weighted by atomic mass is 9.84. The van der Waals surface area contributed by atoms with Crippen LogP contribution in [0.25, 0.3) is 0 Å². The van der Waals surface area contributed by atoms with Crippen molar-refractivity contribution >= 4 is 11.7 Å². The molecule has 1 aliphatic rings. The number of carbonyl (C=O) groups excluding carboxylic acids is 2. The van der Waals surface area contributed by atoms with E-state index >= 15 is 0 Å². The molecular weight excluding hydrogens is 363 g/mol. The minimum absolute atomic E-state index is 0.120. The largest absolute Gasteiger partial charge is 0.469 e. The first-order valence-corrected chi connectivity index (χ1v) is 8.86. The standard InChI is InChI=1S/C21H17FN2O4/c22-14-5-3-12(4-6-14)11-23-20(26)16-10-15-17(24-21(16)27)8-13(9-18(15)25)19-2-1-7-28-19/h1-7,10,13H,8-9,11H2,(H,23,26)(H,24,27)/t13-/m1/s1. The van der Waals surface area contributed by atoms with Crippen LogP contribution < -0.4 is 10.9 Å². The summed E-state index contributed by atoms with van der Waals surface area (Å²) >= 11 is 0. The molecule has 1 atom stereocenters. The number of hydrogen-bond donors (Lipinski definition) is 2. The molecule has 0 aliphatic heterocycles. The van der Waals surface area contributed by atoms with E-state index in [1.165, 1.54) is 18.2 Å². The van der Waals surface area contributed by atoms with Crippen LogP contribution in [-0.2, 0) is 13.0 Å². The van der Waals surface area contributed by atoms with Gasteiger partial charge in [-0.3, -0.25) is 14.4 Å². The van der Waals surface area contributed by atoms with Gasteiger partial charge in [0.15, 0.2) is 5.78 Å². The summed E-state index contributed by atoms with van der Waals surface area (Å²) in [6, 6.07) is 10.6. The average Bonchev–Trinajstić information content (AvgIpc) is 3.21. The number of halogens is 1. The molecule has 0 saturated heterocycles. The Kier molecular flexibility index (Phi) is 4.65. The van der Waals surface area contributed by atoms with Gasteiger partial charge in [0.2, 0.25) is 0 Å². The number of benzene rings is 1. The molecule has 1 aromatic carbocycles. The van der Waals surface area contributed by atoms with Gasteiger partial charge in [-0.05, 0) is 42.3 Å². The number of rotatable bonds is 4. The zero-order valence-electron chi connectivity index (χ0n) is 14.8. The Bertz CT molecular complexity index is 1080. The van der Waals surface area contributed by atoms with Gasteiger partial charge in [0, 0.05) is 30.1 Å². The van der Waals surface area contributed by atoms with Gasteiger partial charge in [0.1, 0.15) is 17.1 Å². The Labute approximate surface area is 159 Å². The van der Waals surface area contributed by atoms with E-state index in [2.05, 4.69) is 10.3 Å². The highest BCUT2D eigenvalue weighted by Gasteiger charge is 2.30. The quantitative estimate of drug-likeness (QED) is 0.728. The number of carbonyl (C=O) groups is 2. The number of furan rings is 1. The van der Waals surface area contributed by atoms with Crippen LogP contribution in [0.5, 0.6) is 0 Å². The van der Waals surface area contributed by atoms with Crippen molar-refractivity contribution in [3.05, 3.63) is 93.0 Å². The van der Waals surface area contributed by atoms with E-state index in [9.17, 15) is 18.8 Å². The van der Waals surface area contributed by atoms with Crippen LogP contribution in [0.3, 0.4) is 0 Å². The van der Waals surface area contributed by atoms with Crippen LogP contribution in [0, 0.1) is 5.82 Å². The molecule has 142 valence electrons. The summed E-state index contributed by atoms with van der Waals surface area (Å²) in [5, 5.41) is 2.62. The summed E-state index contributed by atoms with van der Waals surface area (Å²) in [6.07, 6.45) is 2.26. The van der Waals surface area contributed by atoms with Crippen molar-refractivity contribution in [1.82, 2.24) is 10.3 Å². The second-order valence-corrected chi connectivity index (χ2v) is 6.76. The van der Waals surface area contributed by atoms with Crippen LogP contribution >= 0.6 is 0 Å². The van der Waals surface area contributed by atoms with E-state index in [-0.39, 0.29) is 36.0 Å². The first-order valence-electron chi connectivity index (χ1n) is 8.86. The molecule has 3 aromatic rings. The van der Waals surface area contributed by atoms with Crippen LogP contribution in [0.2, 0.25) is 0 Å². The topological polar surface area (TPSA) is 92.2 Å². The maximum Gasteiger partial charge on any atom is 0.261 e. The van der Waals surface area contributed by atoms with Crippen LogP contribution in [-0.4, -0.2) is 16.7 Å². The van der Waals surface area contributed by atoms with Gasteiger partial charge in [-0.15, -0.1) is 0 Å². The van der Waals surface area contributed by atoms with Gasteiger partial charge >= 0.3 is 0 Å². The Morgan fingerprint density at radius 3 is 2.68 bits per heavy atom.